The molecule has 0 aromatic carbocycles. The highest BCUT2D eigenvalue weighted by molar-refractivity contribution is 5.90. The normalized spacial score (nSPS) is 16.5. The first-order valence-electron chi connectivity index (χ1n) is 11.6. The molecule has 3 aromatic rings. The van der Waals surface area contributed by atoms with Crippen LogP contribution in [0.25, 0.3) is 11.0 Å². The van der Waals surface area contributed by atoms with E-state index >= 15 is 0 Å². The van der Waals surface area contributed by atoms with Crippen LogP contribution in [0.3, 0.4) is 0 Å². The lowest BCUT2D eigenvalue weighted by Crippen LogP contribution is -2.49. The smallest absolute Gasteiger partial charge is 0.228 e. The molecule has 33 heavy (non-hydrogen) atoms. The zero-order valence-electron chi connectivity index (χ0n) is 20.0. The highest BCUT2D eigenvalue weighted by atomic mass is 16.5. The van der Waals surface area contributed by atoms with Crippen molar-refractivity contribution in [1.82, 2.24) is 30.0 Å². The van der Waals surface area contributed by atoms with Gasteiger partial charge in [-0.05, 0) is 32.4 Å². The van der Waals surface area contributed by atoms with Crippen molar-refractivity contribution < 1.29 is 9.47 Å². The fourth-order valence-electron chi connectivity index (χ4n) is 4.00. The van der Waals surface area contributed by atoms with E-state index in [0.29, 0.717) is 37.6 Å². The molecule has 1 aliphatic heterocycles. The zero-order chi connectivity index (χ0) is 23.2. The van der Waals surface area contributed by atoms with E-state index in [2.05, 4.69) is 34.4 Å². The third-order valence-corrected chi connectivity index (χ3v) is 5.51. The molecule has 1 atom stereocenters. The Morgan fingerprint density at radius 1 is 1.21 bits per heavy atom. The average molecular weight is 455 g/mol. The minimum atomic E-state index is 0.366. The minimum absolute atomic E-state index is 0.366. The number of rotatable bonds is 10. The maximum atomic E-state index is 5.73. The van der Waals surface area contributed by atoms with Crippen molar-refractivity contribution in [2.45, 2.75) is 46.4 Å². The number of aromatic nitrogens is 5. The first-order valence-corrected chi connectivity index (χ1v) is 11.6. The van der Waals surface area contributed by atoms with Gasteiger partial charge in [0.05, 0.1) is 19.8 Å². The summed E-state index contributed by atoms with van der Waals surface area (Å²) in [5.41, 5.74) is 3.34. The third-order valence-electron chi connectivity index (χ3n) is 5.51. The second kappa shape index (κ2) is 10.9. The molecule has 178 valence electrons. The highest BCUT2D eigenvalue weighted by Gasteiger charge is 2.24. The average Bonchev–Trinajstić information content (AvgIpc) is 3.15. The van der Waals surface area contributed by atoms with E-state index in [4.69, 9.17) is 24.5 Å². The zero-order valence-corrected chi connectivity index (χ0v) is 20.0. The molecular formula is C23H34N8O2. The molecule has 10 heteroatoms. The van der Waals surface area contributed by atoms with E-state index in [1.54, 1.807) is 7.11 Å². The van der Waals surface area contributed by atoms with Crippen molar-refractivity contribution in [3.05, 3.63) is 29.6 Å². The Kier molecular flexibility index (Phi) is 7.69. The standard InChI is InChI=1S/C23H34N8O2/c1-5-12-33-13-11-31-21-20(18(29-31)15-32-4)27-23(30-10-9-24-17(3)14-30)28-22(21)26-19-8-6-7-16(2)25-19/h6-8,17,24H,5,9-15H2,1-4H3,(H,25,26,27,28)/t17-/m1/s1. The summed E-state index contributed by atoms with van der Waals surface area (Å²) < 4.78 is 13.1. The van der Waals surface area contributed by atoms with Gasteiger partial charge in [0, 0.05) is 45.1 Å². The Balaban J connectivity index is 1.79. The molecule has 2 N–H and O–H groups in total. The predicted octanol–water partition coefficient (Wildman–Crippen LogP) is 2.64. The van der Waals surface area contributed by atoms with Gasteiger partial charge in [-0.3, -0.25) is 4.68 Å². The fraction of sp³-hybridized carbons (Fsp3) is 0.565. The molecule has 0 unspecified atom stereocenters. The number of aryl methyl sites for hydroxylation is 1. The second-order valence-corrected chi connectivity index (χ2v) is 8.38. The van der Waals surface area contributed by atoms with Crippen LogP contribution in [-0.2, 0) is 22.6 Å². The Bertz CT molecular complexity index is 1070. The highest BCUT2D eigenvalue weighted by Crippen LogP contribution is 2.29. The summed E-state index contributed by atoms with van der Waals surface area (Å²) in [5.74, 6) is 2.10. The van der Waals surface area contributed by atoms with Crippen molar-refractivity contribution in [1.29, 1.82) is 0 Å². The number of hydrogen-bond donors (Lipinski definition) is 2. The van der Waals surface area contributed by atoms with Gasteiger partial charge in [-0.25, -0.2) is 9.97 Å². The topological polar surface area (TPSA) is 102 Å². The summed E-state index contributed by atoms with van der Waals surface area (Å²) in [5, 5.41) is 11.7. The summed E-state index contributed by atoms with van der Waals surface area (Å²) in [7, 11) is 1.67. The van der Waals surface area contributed by atoms with Crippen molar-refractivity contribution in [2.24, 2.45) is 0 Å². The Morgan fingerprint density at radius 2 is 2.09 bits per heavy atom. The van der Waals surface area contributed by atoms with Crippen LogP contribution in [-0.4, -0.2) is 70.7 Å². The summed E-state index contributed by atoms with van der Waals surface area (Å²) in [4.78, 5) is 16.7. The fourth-order valence-corrected chi connectivity index (χ4v) is 4.00. The van der Waals surface area contributed by atoms with Gasteiger partial charge >= 0.3 is 0 Å². The van der Waals surface area contributed by atoms with Gasteiger partial charge in [-0.15, -0.1) is 0 Å². The molecule has 4 heterocycles. The lowest BCUT2D eigenvalue weighted by atomic mass is 10.2. The molecule has 4 rings (SSSR count). The van der Waals surface area contributed by atoms with E-state index in [1.807, 2.05) is 29.8 Å². The summed E-state index contributed by atoms with van der Waals surface area (Å²) in [6.07, 6.45) is 0.982. The number of pyridine rings is 1. The quantitative estimate of drug-likeness (QED) is 0.448. The maximum absolute atomic E-state index is 5.73. The SMILES string of the molecule is CCCOCCn1nc(COC)c2nc(N3CCN[C@H](C)C3)nc(Nc3cccc(C)n3)c21. The van der Waals surface area contributed by atoms with Gasteiger partial charge < -0.3 is 25.0 Å². The number of nitrogens with one attached hydrogen (secondary N) is 2. The van der Waals surface area contributed by atoms with Crippen LogP contribution in [0.5, 0.6) is 0 Å². The van der Waals surface area contributed by atoms with Crippen LogP contribution in [0.1, 0.15) is 31.7 Å². The van der Waals surface area contributed by atoms with Gasteiger partial charge in [0.1, 0.15) is 22.5 Å². The summed E-state index contributed by atoms with van der Waals surface area (Å²) in [6, 6.07) is 6.26. The maximum Gasteiger partial charge on any atom is 0.228 e. The van der Waals surface area contributed by atoms with E-state index in [-0.39, 0.29) is 0 Å². The summed E-state index contributed by atoms with van der Waals surface area (Å²) >= 11 is 0. The first kappa shape index (κ1) is 23.3. The number of hydrogen-bond acceptors (Lipinski definition) is 9. The Hall–Kier alpha value is -2.82. The van der Waals surface area contributed by atoms with Crippen molar-refractivity contribution in [3.63, 3.8) is 0 Å². The minimum Gasteiger partial charge on any atom is -0.380 e. The molecule has 10 nitrogen and oxygen atoms in total. The van der Waals surface area contributed by atoms with E-state index in [1.165, 1.54) is 0 Å². The molecule has 1 fully saturated rings. The Morgan fingerprint density at radius 3 is 2.85 bits per heavy atom. The van der Waals surface area contributed by atoms with Crippen LogP contribution < -0.4 is 15.5 Å². The number of nitrogens with zero attached hydrogens (tertiary/aromatic N) is 6. The number of methoxy groups -OCH3 is 1. The van der Waals surface area contributed by atoms with E-state index in [9.17, 15) is 0 Å². The molecule has 0 bridgehead atoms. The molecule has 3 aromatic heterocycles. The molecular weight excluding hydrogens is 420 g/mol. The van der Waals surface area contributed by atoms with Gasteiger partial charge in [-0.1, -0.05) is 13.0 Å². The third kappa shape index (κ3) is 5.58. The Labute approximate surface area is 194 Å². The van der Waals surface area contributed by atoms with Gasteiger partial charge in [0.2, 0.25) is 5.95 Å². The van der Waals surface area contributed by atoms with E-state index in [0.717, 1.165) is 60.9 Å². The lowest BCUT2D eigenvalue weighted by molar-refractivity contribution is 0.124. The molecule has 0 radical (unpaired) electrons. The van der Waals surface area contributed by atoms with Gasteiger partial charge in [0.15, 0.2) is 5.82 Å². The van der Waals surface area contributed by atoms with Gasteiger partial charge in [-0.2, -0.15) is 10.1 Å². The van der Waals surface area contributed by atoms with Crippen LogP contribution in [0.2, 0.25) is 0 Å². The largest absolute Gasteiger partial charge is 0.380 e. The molecule has 0 spiro atoms. The number of anilines is 3. The lowest BCUT2D eigenvalue weighted by Gasteiger charge is -2.32. The molecule has 1 saturated heterocycles. The second-order valence-electron chi connectivity index (χ2n) is 8.38. The van der Waals surface area contributed by atoms with Gasteiger partial charge in [0.25, 0.3) is 0 Å². The van der Waals surface area contributed by atoms with Crippen LogP contribution >= 0.6 is 0 Å². The van der Waals surface area contributed by atoms with Crippen LogP contribution in [0.4, 0.5) is 17.6 Å². The molecule has 0 aliphatic carbocycles. The predicted molar refractivity (Wildman–Crippen MR) is 129 cm³/mol. The molecule has 0 amide bonds. The first-order chi connectivity index (χ1) is 16.1. The molecule has 0 saturated carbocycles. The monoisotopic (exact) mass is 454 g/mol. The van der Waals surface area contributed by atoms with Crippen LogP contribution in [0, 0.1) is 6.92 Å². The summed E-state index contributed by atoms with van der Waals surface area (Å²) in [6.45, 7) is 11.1. The molecule has 1 aliphatic rings. The van der Waals surface area contributed by atoms with Crippen molar-refractivity contribution in [2.75, 3.05) is 50.2 Å². The van der Waals surface area contributed by atoms with Crippen LogP contribution in [0.15, 0.2) is 18.2 Å². The number of fused-ring (bicyclic) bond motifs is 1. The number of ether oxygens (including phenoxy) is 2. The van der Waals surface area contributed by atoms with E-state index < -0.39 is 0 Å². The van der Waals surface area contributed by atoms with Crippen molar-refractivity contribution >= 4 is 28.6 Å². The van der Waals surface area contributed by atoms with Crippen molar-refractivity contribution in [3.8, 4) is 0 Å². The number of piperazine rings is 1.